The minimum absolute atomic E-state index is 0. The molecule has 0 aliphatic carbocycles. The molecule has 18 heavy (non-hydrogen) atoms. The number of nitrogens with one attached hydrogen (secondary N) is 1. The van der Waals surface area contributed by atoms with Gasteiger partial charge in [0.1, 0.15) is 5.75 Å². The average Bonchev–Trinajstić information content (AvgIpc) is 2.35. The van der Waals surface area contributed by atoms with Gasteiger partial charge in [-0.15, -0.1) is 12.4 Å². The molecule has 1 aromatic rings. The highest BCUT2D eigenvalue weighted by molar-refractivity contribution is 5.85. The van der Waals surface area contributed by atoms with Crippen molar-refractivity contribution in [3.63, 3.8) is 0 Å². The third-order valence-corrected chi connectivity index (χ3v) is 2.62. The molecule has 3 N–H and O–H groups in total. The van der Waals surface area contributed by atoms with Gasteiger partial charge in [0.15, 0.2) is 0 Å². The number of methoxy groups -OCH3 is 1. The van der Waals surface area contributed by atoms with Gasteiger partial charge in [0.2, 0.25) is 5.91 Å². The van der Waals surface area contributed by atoms with Crippen LogP contribution in [0.1, 0.15) is 19.4 Å². The minimum atomic E-state index is -0.458. The molecule has 0 aromatic heterocycles. The molecule has 0 aliphatic heterocycles. The second-order valence-electron chi connectivity index (χ2n) is 4.34. The van der Waals surface area contributed by atoms with Crippen molar-refractivity contribution in [2.24, 2.45) is 11.7 Å². The molecule has 102 valence electrons. The lowest BCUT2D eigenvalue weighted by Crippen LogP contribution is -2.43. The predicted molar refractivity (Wildman–Crippen MR) is 74.9 cm³/mol. The summed E-state index contributed by atoms with van der Waals surface area (Å²) < 4.78 is 5.11. The number of halogens is 1. The Kier molecular flexibility index (Phi) is 7.39. The van der Waals surface area contributed by atoms with Gasteiger partial charge in [0.05, 0.1) is 13.2 Å². The van der Waals surface area contributed by atoms with Crippen molar-refractivity contribution in [2.75, 3.05) is 7.11 Å². The monoisotopic (exact) mass is 272 g/mol. The van der Waals surface area contributed by atoms with Crippen molar-refractivity contribution in [3.05, 3.63) is 29.8 Å². The molecular weight excluding hydrogens is 252 g/mol. The van der Waals surface area contributed by atoms with E-state index in [4.69, 9.17) is 10.5 Å². The highest BCUT2D eigenvalue weighted by Gasteiger charge is 2.16. The molecule has 0 radical (unpaired) electrons. The van der Waals surface area contributed by atoms with Gasteiger partial charge in [-0.25, -0.2) is 0 Å². The van der Waals surface area contributed by atoms with Crippen LogP contribution in [0.15, 0.2) is 24.3 Å². The minimum Gasteiger partial charge on any atom is -0.497 e. The summed E-state index contributed by atoms with van der Waals surface area (Å²) in [5.74, 6) is 0.799. The van der Waals surface area contributed by atoms with E-state index < -0.39 is 6.04 Å². The fourth-order valence-corrected chi connectivity index (χ4v) is 1.39. The standard InChI is InChI=1S/C13H20N2O2.ClH/c1-9(2)12(14)13(16)15-8-10-5-4-6-11(7-10)17-3;/h4-7,9,12H,8,14H2,1-3H3,(H,15,16);1H. The molecule has 0 fully saturated rings. The molecule has 1 atom stereocenters. The Hall–Kier alpha value is -1.26. The Balaban J connectivity index is 0.00000289. The summed E-state index contributed by atoms with van der Waals surface area (Å²) in [6.45, 7) is 4.32. The summed E-state index contributed by atoms with van der Waals surface area (Å²) in [5, 5.41) is 2.81. The molecule has 0 saturated carbocycles. The van der Waals surface area contributed by atoms with Crippen molar-refractivity contribution >= 4 is 18.3 Å². The number of hydrogen-bond donors (Lipinski definition) is 2. The van der Waals surface area contributed by atoms with Crippen LogP contribution in [0.4, 0.5) is 0 Å². The van der Waals surface area contributed by atoms with Crippen LogP contribution in [0, 0.1) is 5.92 Å². The van der Waals surface area contributed by atoms with Crippen molar-refractivity contribution < 1.29 is 9.53 Å². The molecule has 0 aliphatic rings. The Morgan fingerprint density at radius 2 is 2.11 bits per heavy atom. The second-order valence-corrected chi connectivity index (χ2v) is 4.34. The SMILES string of the molecule is COc1cccc(CNC(=O)C(N)C(C)C)c1.Cl. The number of ether oxygens (including phenoxy) is 1. The normalized spacial score (nSPS) is 11.6. The number of carbonyl (C=O) groups excluding carboxylic acids is 1. The first-order chi connectivity index (χ1) is 8.04. The van der Waals surface area contributed by atoms with E-state index in [0.29, 0.717) is 6.54 Å². The third kappa shape index (κ3) is 4.94. The number of nitrogens with two attached hydrogens (primary N) is 1. The van der Waals surface area contributed by atoms with Crippen molar-refractivity contribution in [1.82, 2.24) is 5.32 Å². The third-order valence-electron chi connectivity index (χ3n) is 2.62. The van der Waals surface area contributed by atoms with Crippen LogP contribution in [0.5, 0.6) is 5.75 Å². The number of benzene rings is 1. The largest absolute Gasteiger partial charge is 0.497 e. The van der Waals surface area contributed by atoms with E-state index >= 15 is 0 Å². The van der Waals surface area contributed by atoms with Gasteiger partial charge in [-0.1, -0.05) is 26.0 Å². The predicted octanol–water partition coefficient (Wildman–Crippen LogP) is 1.72. The first-order valence-corrected chi connectivity index (χ1v) is 5.71. The van der Waals surface area contributed by atoms with Crippen molar-refractivity contribution in [3.8, 4) is 5.75 Å². The van der Waals surface area contributed by atoms with Gasteiger partial charge in [-0.3, -0.25) is 4.79 Å². The number of rotatable bonds is 5. The number of carbonyl (C=O) groups is 1. The van der Waals surface area contributed by atoms with Crippen LogP contribution in [-0.4, -0.2) is 19.1 Å². The van der Waals surface area contributed by atoms with E-state index in [2.05, 4.69) is 5.32 Å². The molecule has 1 amide bonds. The van der Waals surface area contributed by atoms with E-state index in [1.165, 1.54) is 0 Å². The highest BCUT2D eigenvalue weighted by atomic mass is 35.5. The lowest BCUT2D eigenvalue weighted by molar-refractivity contribution is -0.123. The van der Waals surface area contributed by atoms with E-state index in [1.807, 2.05) is 38.1 Å². The molecule has 1 aromatic carbocycles. The molecule has 0 spiro atoms. The summed E-state index contributed by atoms with van der Waals surface area (Å²) in [6, 6.07) is 7.12. The van der Waals surface area contributed by atoms with E-state index in [9.17, 15) is 4.79 Å². The maximum absolute atomic E-state index is 11.6. The van der Waals surface area contributed by atoms with Gasteiger partial charge in [-0.05, 0) is 23.6 Å². The van der Waals surface area contributed by atoms with E-state index in [0.717, 1.165) is 11.3 Å². The molecule has 4 nitrogen and oxygen atoms in total. The highest BCUT2D eigenvalue weighted by Crippen LogP contribution is 2.12. The maximum Gasteiger partial charge on any atom is 0.237 e. The quantitative estimate of drug-likeness (QED) is 0.858. The van der Waals surface area contributed by atoms with Gasteiger partial charge in [-0.2, -0.15) is 0 Å². The molecule has 0 saturated heterocycles. The first kappa shape index (κ1) is 16.7. The fraction of sp³-hybridized carbons (Fsp3) is 0.462. The summed E-state index contributed by atoms with van der Waals surface area (Å²) in [6.07, 6.45) is 0. The smallest absolute Gasteiger partial charge is 0.237 e. The van der Waals surface area contributed by atoms with Crippen LogP contribution < -0.4 is 15.8 Å². The van der Waals surface area contributed by atoms with Gasteiger partial charge in [0.25, 0.3) is 0 Å². The Bertz CT molecular complexity index is 383. The Morgan fingerprint density at radius 3 is 2.67 bits per heavy atom. The zero-order chi connectivity index (χ0) is 12.8. The van der Waals surface area contributed by atoms with Crippen LogP contribution in [0.25, 0.3) is 0 Å². The molecule has 1 unspecified atom stereocenters. The summed E-state index contributed by atoms with van der Waals surface area (Å²) in [4.78, 5) is 11.6. The molecule has 1 rings (SSSR count). The summed E-state index contributed by atoms with van der Waals surface area (Å²) >= 11 is 0. The number of amides is 1. The molecular formula is C13H21ClN2O2. The first-order valence-electron chi connectivity index (χ1n) is 5.71. The lowest BCUT2D eigenvalue weighted by atomic mass is 10.0. The summed E-state index contributed by atoms with van der Waals surface area (Å²) in [7, 11) is 1.62. The van der Waals surface area contributed by atoms with Crippen LogP contribution in [0.3, 0.4) is 0 Å². The fourth-order valence-electron chi connectivity index (χ4n) is 1.39. The van der Waals surface area contributed by atoms with Crippen LogP contribution in [0.2, 0.25) is 0 Å². The van der Waals surface area contributed by atoms with Crippen molar-refractivity contribution in [2.45, 2.75) is 26.4 Å². The topological polar surface area (TPSA) is 64.3 Å². The lowest BCUT2D eigenvalue weighted by Gasteiger charge is -2.15. The molecule has 0 bridgehead atoms. The van der Waals surface area contributed by atoms with Gasteiger partial charge in [0, 0.05) is 6.54 Å². The van der Waals surface area contributed by atoms with Crippen molar-refractivity contribution in [1.29, 1.82) is 0 Å². The maximum atomic E-state index is 11.6. The molecule has 0 heterocycles. The van der Waals surface area contributed by atoms with E-state index in [1.54, 1.807) is 7.11 Å². The Morgan fingerprint density at radius 1 is 1.44 bits per heavy atom. The van der Waals surface area contributed by atoms with Gasteiger partial charge < -0.3 is 15.8 Å². The Labute approximate surface area is 114 Å². The van der Waals surface area contributed by atoms with Gasteiger partial charge >= 0.3 is 0 Å². The second kappa shape index (κ2) is 7.95. The molecule has 5 heteroatoms. The summed E-state index contributed by atoms with van der Waals surface area (Å²) in [5.41, 5.74) is 6.74. The number of hydrogen-bond acceptors (Lipinski definition) is 3. The van der Waals surface area contributed by atoms with Crippen LogP contribution >= 0.6 is 12.4 Å². The zero-order valence-electron chi connectivity index (χ0n) is 11.0. The van der Waals surface area contributed by atoms with Crippen LogP contribution in [-0.2, 0) is 11.3 Å². The zero-order valence-corrected chi connectivity index (χ0v) is 11.8. The van der Waals surface area contributed by atoms with E-state index in [-0.39, 0.29) is 24.2 Å². The average molecular weight is 273 g/mol.